The van der Waals surface area contributed by atoms with Gasteiger partial charge in [0, 0.05) is 29.3 Å². The molecule has 0 bridgehead atoms. The maximum Gasteiger partial charge on any atom is 0.265 e. The fourth-order valence-corrected chi connectivity index (χ4v) is 2.75. The maximum atomic E-state index is 13.6. The monoisotopic (exact) mass is 312 g/mol. The van der Waals surface area contributed by atoms with Crippen LogP contribution in [0.4, 0.5) is 8.78 Å². The third-order valence-electron chi connectivity index (χ3n) is 2.72. The van der Waals surface area contributed by atoms with Crippen LogP contribution in [0.25, 0.3) is 0 Å². The molecule has 1 atom stereocenters. The summed E-state index contributed by atoms with van der Waals surface area (Å²) in [7, 11) is 0.849. The Labute approximate surface area is 113 Å². The van der Waals surface area contributed by atoms with Gasteiger partial charge >= 0.3 is 0 Å². The van der Waals surface area contributed by atoms with Gasteiger partial charge in [-0.05, 0) is 12.5 Å². The summed E-state index contributed by atoms with van der Waals surface area (Å²) in [5, 5.41) is 0. The second kappa shape index (κ2) is 5.60. The average Bonchev–Trinajstić information content (AvgIpc) is 2.78. The minimum Gasteiger partial charge on any atom is -0.489 e. The van der Waals surface area contributed by atoms with Crippen molar-refractivity contribution in [2.75, 3.05) is 19.8 Å². The summed E-state index contributed by atoms with van der Waals surface area (Å²) in [6.45, 7) is 1.13. The predicted molar refractivity (Wildman–Crippen MR) is 63.8 cm³/mol. The van der Waals surface area contributed by atoms with Crippen LogP contribution in [0.3, 0.4) is 0 Å². The molecule has 2 rings (SSSR count). The van der Waals surface area contributed by atoms with Crippen molar-refractivity contribution in [2.45, 2.75) is 11.3 Å². The normalized spacial score (nSPS) is 19.6. The summed E-state index contributed by atoms with van der Waals surface area (Å²) in [6.07, 6.45) is 0.742. The van der Waals surface area contributed by atoms with Crippen molar-refractivity contribution in [3.63, 3.8) is 0 Å². The lowest BCUT2D eigenvalue weighted by Crippen LogP contribution is -2.14. The molecule has 1 aliphatic rings. The van der Waals surface area contributed by atoms with E-state index in [4.69, 9.17) is 20.2 Å². The number of halogens is 3. The van der Waals surface area contributed by atoms with Crippen LogP contribution in [0.5, 0.6) is 5.75 Å². The highest BCUT2D eigenvalue weighted by Crippen LogP contribution is 2.31. The van der Waals surface area contributed by atoms with Gasteiger partial charge in [-0.2, -0.15) is 0 Å². The van der Waals surface area contributed by atoms with Crippen LogP contribution in [-0.4, -0.2) is 28.2 Å². The third kappa shape index (κ3) is 3.55. The molecule has 0 amide bonds. The Morgan fingerprint density at radius 3 is 2.74 bits per heavy atom. The minimum absolute atomic E-state index is 0.0512. The molecular formula is C11H11ClF2O4S. The van der Waals surface area contributed by atoms with Crippen LogP contribution in [-0.2, 0) is 13.8 Å². The maximum absolute atomic E-state index is 13.6. The van der Waals surface area contributed by atoms with Crippen LogP contribution < -0.4 is 4.74 Å². The summed E-state index contributed by atoms with van der Waals surface area (Å²) in [6, 6.07) is 1.18. The van der Waals surface area contributed by atoms with Gasteiger partial charge in [0.05, 0.1) is 13.2 Å². The van der Waals surface area contributed by atoms with Gasteiger partial charge in [0.15, 0.2) is 11.6 Å². The van der Waals surface area contributed by atoms with Crippen molar-refractivity contribution >= 4 is 19.7 Å². The Kier molecular flexibility index (Phi) is 4.27. The number of hydrogen-bond acceptors (Lipinski definition) is 4. The molecule has 1 fully saturated rings. The number of ether oxygens (including phenoxy) is 2. The topological polar surface area (TPSA) is 52.6 Å². The molecule has 0 radical (unpaired) electrons. The van der Waals surface area contributed by atoms with Crippen molar-refractivity contribution in [1.29, 1.82) is 0 Å². The van der Waals surface area contributed by atoms with Crippen molar-refractivity contribution in [1.82, 2.24) is 0 Å². The molecule has 8 heteroatoms. The molecule has 4 nitrogen and oxygen atoms in total. The van der Waals surface area contributed by atoms with E-state index in [0.717, 1.165) is 6.42 Å². The van der Waals surface area contributed by atoms with E-state index >= 15 is 0 Å². The first-order chi connectivity index (χ1) is 8.88. The zero-order valence-electron chi connectivity index (χ0n) is 9.74. The highest BCUT2D eigenvalue weighted by molar-refractivity contribution is 8.13. The fourth-order valence-electron chi connectivity index (χ4n) is 1.77. The van der Waals surface area contributed by atoms with Crippen molar-refractivity contribution < 1.29 is 26.7 Å². The van der Waals surface area contributed by atoms with Crippen molar-refractivity contribution in [2.24, 2.45) is 5.92 Å². The molecule has 1 saturated heterocycles. The van der Waals surface area contributed by atoms with E-state index in [1.54, 1.807) is 0 Å². The van der Waals surface area contributed by atoms with Gasteiger partial charge in [-0.1, -0.05) is 0 Å². The molecule has 19 heavy (non-hydrogen) atoms. The molecule has 0 spiro atoms. The van der Waals surface area contributed by atoms with E-state index in [1.807, 2.05) is 0 Å². The SMILES string of the molecule is O=S(=O)(Cl)c1cc(F)cc(F)c1OCC1CCOC1. The zero-order valence-corrected chi connectivity index (χ0v) is 11.3. The Morgan fingerprint density at radius 1 is 1.42 bits per heavy atom. The standard InChI is InChI=1S/C11H11ClF2O4S/c12-19(15,16)10-4-8(13)3-9(14)11(10)18-6-7-1-2-17-5-7/h3-4,7H,1-2,5-6H2. The Balaban J connectivity index is 2.27. The second-order valence-corrected chi connectivity index (χ2v) is 6.73. The van der Waals surface area contributed by atoms with Crippen LogP contribution in [0, 0.1) is 17.6 Å². The Bertz CT molecular complexity index is 570. The van der Waals surface area contributed by atoms with Crippen LogP contribution in [0.15, 0.2) is 17.0 Å². The lowest BCUT2D eigenvalue weighted by Gasteiger charge is -2.13. The first-order valence-electron chi connectivity index (χ1n) is 5.52. The lowest BCUT2D eigenvalue weighted by molar-refractivity contribution is 0.164. The van der Waals surface area contributed by atoms with Crippen LogP contribution in [0.1, 0.15) is 6.42 Å². The predicted octanol–water partition coefficient (Wildman–Crippen LogP) is 2.31. The first-order valence-corrected chi connectivity index (χ1v) is 7.83. The molecular weight excluding hydrogens is 302 g/mol. The second-order valence-electron chi connectivity index (χ2n) is 4.19. The summed E-state index contributed by atoms with van der Waals surface area (Å²) in [4.78, 5) is -0.703. The number of benzene rings is 1. The number of hydrogen-bond donors (Lipinski definition) is 0. The fraction of sp³-hybridized carbons (Fsp3) is 0.455. The zero-order chi connectivity index (χ0) is 14.0. The van der Waals surface area contributed by atoms with E-state index in [0.29, 0.717) is 25.3 Å². The van der Waals surface area contributed by atoms with E-state index in [9.17, 15) is 17.2 Å². The third-order valence-corrected chi connectivity index (χ3v) is 4.05. The number of rotatable bonds is 4. The summed E-state index contributed by atoms with van der Waals surface area (Å²) < 4.78 is 59.5. The molecule has 1 heterocycles. The summed E-state index contributed by atoms with van der Waals surface area (Å²) in [5.74, 6) is -2.63. The van der Waals surface area contributed by atoms with Crippen molar-refractivity contribution in [3.8, 4) is 5.75 Å². The summed E-state index contributed by atoms with van der Waals surface area (Å²) >= 11 is 0. The van der Waals surface area contributed by atoms with Gasteiger partial charge in [0.1, 0.15) is 10.7 Å². The van der Waals surface area contributed by atoms with E-state index in [1.165, 1.54) is 0 Å². The largest absolute Gasteiger partial charge is 0.489 e. The van der Waals surface area contributed by atoms with Crippen molar-refractivity contribution in [3.05, 3.63) is 23.8 Å². The molecule has 0 N–H and O–H groups in total. The van der Waals surface area contributed by atoms with Gasteiger partial charge in [-0.3, -0.25) is 0 Å². The van der Waals surface area contributed by atoms with Gasteiger partial charge < -0.3 is 9.47 Å². The Hall–Kier alpha value is -0.920. The smallest absolute Gasteiger partial charge is 0.265 e. The molecule has 1 aromatic rings. The van der Waals surface area contributed by atoms with Gasteiger partial charge in [-0.15, -0.1) is 0 Å². The van der Waals surface area contributed by atoms with E-state index < -0.39 is 31.3 Å². The molecule has 0 aliphatic carbocycles. The lowest BCUT2D eigenvalue weighted by atomic mass is 10.1. The molecule has 0 saturated carbocycles. The van der Waals surface area contributed by atoms with Crippen LogP contribution in [0.2, 0.25) is 0 Å². The highest BCUT2D eigenvalue weighted by atomic mass is 35.7. The first kappa shape index (κ1) is 14.5. The highest BCUT2D eigenvalue weighted by Gasteiger charge is 2.24. The van der Waals surface area contributed by atoms with Gasteiger partial charge in [0.2, 0.25) is 0 Å². The Morgan fingerprint density at radius 2 is 2.16 bits per heavy atom. The van der Waals surface area contributed by atoms with Gasteiger partial charge in [-0.25, -0.2) is 17.2 Å². The molecule has 1 unspecified atom stereocenters. The van der Waals surface area contributed by atoms with E-state index in [-0.39, 0.29) is 12.5 Å². The quantitative estimate of drug-likeness (QED) is 0.801. The van der Waals surface area contributed by atoms with E-state index in [2.05, 4.69) is 0 Å². The average molecular weight is 313 g/mol. The molecule has 106 valence electrons. The molecule has 0 aromatic heterocycles. The van der Waals surface area contributed by atoms with Crippen LogP contribution >= 0.6 is 10.7 Å². The molecule has 1 aliphatic heterocycles. The molecule has 1 aromatic carbocycles. The summed E-state index contributed by atoms with van der Waals surface area (Å²) in [5.41, 5.74) is 0. The van der Waals surface area contributed by atoms with Gasteiger partial charge in [0.25, 0.3) is 9.05 Å². The minimum atomic E-state index is -4.29.